The molecule has 0 aliphatic heterocycles. The number of carboxylic acids is 1. The summed E-state index contributed by atoms with van der Waals surface area (Å²) < 4.78 is 5.70. The van der Waals surface area contributed by atoms with E-state index in [2.05, 4.69) is 0 Å². The lowest BCUT2D eigenvalue weighted by molar-refractivity contribution is -0.141. The van der Waals surface area contributed by atoms with Crippen molar-refractivity contribution in [2.45, 2.75) is 39.7 Å². The average molecular weight is 236 g/mol. The predicted octanol–water partition coefficient (Wildman–Crippen LogP) is 3.30. The molecule has 1 aromatic carbocycles. The fourth-order valence-electron chi connectivity index (χ4n) is 1.70. The molecular formula is C14H20O3. The monoisotopic (exact) mass is 236 g/mol. The van der Waals surface area contributed by atoms with Crippen LogP contribution in [0.2, 0.25) is 0 Å². The van der Waals surface area contributed by atoms with Gasteiger partial charge >= 0.3 is 5.97 Å². The van der Waals surface area contributed by atoms with Gasteiger partial charge in [0.05, 0.1) is 12.0 Å². The van der Waals surface area contributed by atoms with Gasteiger partial charge in [-0.15, -0.1) is 0 Å². The molecule has 0 aliphatic rings. The molecule has 0 heterocycles. The highest BCUT2D eigenvalue weighted by atomic mass is 16.5. The lowest BCUT2D eigenvalue weighted by Crippen LogP contribution is -2.18. The van der Waals surface area contributed by atoms with Crippen molar-refractivity contribution in [3.63, 3.8) is 0 Å². The number of carboxylic acid groups (broad SMARTS) is 1. The highest BCUT2D eigenvalue weighted by Crippen LogP contribution is 2.32. The largest absolute Gasteiger partial charge is 0.491 e. The van der Waals surface area contributed by atoms with E-state index < -0.39 is 11.9 Å². The summed E-state index contributed by atoms with van der Waals surface area (Å²) in [4.78, 5) is 11.0. The van der Waals surface area contributed by atoms with E-state index in [0.717, 1.165) is 11.3 Å². The molecule has 1 aromatic rings. The predicted molar refractivity (Wildman–Crippen MR) is 67.4 cm³/mol. The number of rotatable bonds is 5. The molecule has 0 saturated heterocycles. The van der Waals surface area contributed by atoms with E-state index in [-0.39, 0.29) is 12.0 Å². The third kappa shape index (κ3) is 3.48. The molecule has 1 rings (SSSR count). The van der Waals surface area contributed by atoms with Crippen LogP contribution in [-0.2, 0) is 4.79 Å². The second kappa shape index (κ2) is 5.71. The summed E-state index contributed by atoms with van der Waals surface area (Å²) in [5, 5.41) is 9.05. The van der Waals surface area contributed by atoms with Crippen molar-refractivity contribution >= 4 is 5.97 Å². The van der Waals surface area contributed by atoms with Gasteiger partial charge in [-0.25, -0.2) is 0 Å². The van der Waals surface area contributed by atoms with Gasteiger partial charge < -0.3 is 9.84 Å². The first-order valence-corrected chi connectivity index (χ1v) is 5.91. The van der Waals surface area contributed by atoms with Gasteiger partial charge in [-0.1, -0.05) is 32.0 Å². The quantitative estimate of drug-likeness (QED) is 0.853. The van der Waals surface area contributed by atoms with Gasteiger partial charge in [-0.2, -0.15) is 0 Å². The maximum Gasteiger partial charge on any atom is 0.306 e. The summed E-state index contributed by atoms with van der Waals surface area (Å²) >= 11 is 0. The third-order valence-corrected chi connectivity index (χ3v) is 2.91. The lowest BCUT2D eigenvalue weighted by Gasteiger charge is -2.21. The van der Waals surface area contributed by atoms with Crippen LogP contribution in [-0.4, -0.2) is 17.2 Å². The van der Waals surface area contributed by atoms with Crippen molar-refractivity contribution in [3.05, 3.63) is 29.8 Å². The molecule has 17 heavy (non-hydrogen) atoms. The number of benzene rings is 1. The molecule has 0 fully saturated rings. The number of aliphatic carboxylic acids is 1. The molecule has 94 valence electrons. The lowest BCUT2D eigenvalue weighted by atomic mass is 9.88. The Balaban J connectivity index is 3.00. The minimum atomic E-state index is -0.781. The van der Waals surface area contributed by atoms with Crippen LogP contribution in [0.4, 0.5) is 0 Å². The fourth-order valence-corrected chi connectivity index (χ4v) is 1.70. The minimum absolute atomic E-state index is 0.0672. The molecule has 0 spiro atoms. The number of para-hydroxylation sites is 1. The number of ether oxygens (including phenoxy) is 1. The van der Waals surface area contributed by atoms with Crippen LogP contribution in [0.3, 0.4) is 0 Å². The summed E-state index contributed by atoms with van der Waals surface area (Å²) in [5.74, 6) is -0.491. The molecule has 2 atom stereocenters. The van der Waals surface area contributed by atoms with Crippen molar-refractivity contribution in [2.75, 3.05) is 0 Å². The Morgan fingerprint density at radius 1 is 1.18 bits per heavy atom. The van der Waals surface area contributed by atoms with Crippen LogP contribution in [0.25, 0.3) is 0 Å². The summed E-state index contributed by atoms with van der Waals surface area (Å²) in [6.07, 6.45) is 0.0866. The van der Waals surface area contributed by atoms with Crippen LogP contribution in [0.5, 0.6) is 5.75 Å². The smallest absolute Gasteiger partial charge is 0.306 e. The summed E-state index contributed by atoms with van der Waals surface area (Å²) in [5.41, 5.74) is 0.955. The number of carbonyl (C=O) groups is 1. The molecule has 2 unspecified atom stereocenters. The first kappa shape index (κ1) is 13.6. The molecule has 1 N–H and O–H groups in total. The third-order valence-electron chi connectivity index (χ3n) is 2.91. The molecule has 0 amide bonds. The van der Waals surface area contributed by atoms with Crippen LogP contribution in [0, 0.1) is 5.92 Å². The van der Waals surface area contributed by atoms with Crippen molar-refractivity contribution in [2.24, 2.45) is 5.92 Å². The van der Waals surface area contributed by atoms with Gasteiger partial charge in [0.15, 0.2) is 0 Å². The molecule has 0 bridgehead atoms. The first-order valence-electron chi connectivity index (χ1n) is 5.91. The maximum absolute atomic E-state index is 11.0. The van der Waals surface area contributed by atoms with E-state index in [1.165, 1.54) is 0 Å². The Kier molecular flexibility index (Phi) is 4.55. The molecular weight excluding hydrogens is 216 g/mol. The molecule has 0 aliphatic carbocycles. The zero-order chi connectivity index (χ0) is 13.0. The summed E-state index contributed by atoms with van der Waals surface area (Å²) in [7, 11) is 0. The minimum Gasteiger partial charge on any atom is -0.491 e. The Morgan fingerprint density at radius 3 is 2.29 bits per heavy atom. The highest BCUT2D eigenvalue weighted by molar-refractivity contribution is 5.71. The van der Waals surface area contributed by atoms with Crippen LogP contribution < -0.4 is 4.74 Å². The Hall–Kier alpha value is -1.51. The Morgan fingerprint density at radius 2 is 1.76 bits per heavy atom. The van der Waals surface area contributed by atoms with Crippen molar-refractivity contribution in [1.29, 1.82) is 0 Å². The molecule has 3 heteroatoms. The van der Waals surface area contributed by atoms with Crippen LogP contribution >= 0.6 is 0 Å². The van der Waals surface area contributed by atoms with E-state index in [1.807, 2.05) is 45.0 Å². The van der Waals surface area contributed by atoms with Gasteiger partial charge in [-0.3, -0.25) is 4.79 Å². The summed E-state index contributed by atoms with van der Waals surface area (Å²) in [6.45, 7) is 7.56. The molecule has 0 radical (unpaired) electrons. The summed E-state index contributed by atoms with van der Waals surface area (Å²) in [6, 6.07) is 7.63. The second-order valence-electron chi connectivity index (χ2n) is 4.62. The van der Waals surface area contributed by atoms with Crippen molar-refractivity contribution in [1.82, 2.24) is 0 Å². The average Bonchev–Trinajstić information content (AvgIpc) is 2.27. The SMILES string of the molecule is CC(C)Oc1ccccc1C(C)C(C)C(=O)O. The van der Waals surface area contributed by atoms with Gasteiger partial charge in [-0.05, 0) is 31.4 Å². The van der Waals surface area contributed by atoms with Crippen LogP contribution in [0.15, 0.2) is 24.3 Å². The van der Waals surface area contributed by atoms with Crippen molar-refractivity contribution in [3.8, 4) is 5.75 Å². The molecule has 0 saturated carbocycles. The zero-order valence-electron chi connectivity index (χ0n) is 10.8. The van der Waals surface area contributed by atoms with E-state index in [9.17, 15) is 4.79 Å². The fraction of sp³-hybridized carbons (Fsp3) is 0.500. The first-order chi connectivity index (χ1) is 7.93. The second-order valence-corrected chi connectivity index (χ2v) is 4.62. The maximum atomic E-state index is 11.0. The van der Waals surface area contributed by atoms with Crippen molar-refractivity contribution < 1.29 is 14.6 Å². The van der Waals surface area contributed by atoms with Crippen LogP contribution in [0.1, 0.15) is 39.2 Å². The normalized spacial score (nSPS) is 14.4. The van der Waals surface area contributed by atoms with Gasteiger partial charge in [0.25, 0.3) is 0 Å². The number of hydrogen-bond acceptors (Lipinski definition) is 2. The molecule has 0 aromatic heterocycles. The number of hydrogen-bond donors (Lipinski definition) is 1. The van der Waals surface area contributed by atoms with E-state index in [1.54, 1.807) is 6.92 Å². The van der Waals surface area contributed by atoms with E-state index >= 15 is 0 Å². The zero-order valence-corrected chi connectivity index (χ0v) is 10.8. The Bertz CT molecular complexity index is 385. The van der Waals surface area contributed by atoms with Gasteiger partial charge in [0.2, 0.25) is 0 Å². The Labute approximate surface area is 102 Å². The van der Waals surface area contributed by atoms with Gasteiger partial charge in [0.1, 0.15) is 5.75 Å². The molecule has 3 nitrogen and oxygen atoms in total. The van der Waals surface area contributed by atoms with E-state index in [0.29, 0.717) is 0 Å². The van der Waals surface area contributed by atoms with E-state index in [4.69, 9.17) is 9.84 Å². The topological polar surface area (TPSA) is 46.5 Å². The standard InChI is InChI=1S/C14H20O3/c1-9(2)17-13-8-6-5-7-12(13)10(3)11(4)14(15)16/h5-11H,1-4H3,(H,15,16). The van der Waals surface area contributed by atoms with Gasteiger partial charge in [0, 0.05) is 0 Å². The highest BCUT2D eigenvalue weighted by Gasteiger charge is 2.23.